The summed E-state index contributed by atoms with van der Waals surface area (Å²) in [6, 6.07) is 0. The molecule has 0 fully saturated rings. The van der Waals surface area contributed by atoms with Crippen molar-refractivity contribution in [3.8, 4) is 11.8 Å². The number of allylic oxidation sites excluding steroid dienone is 1. The summed E-state index contributed by atoms with van der Waals surface area (Å²) in [5.74, 6) is 5.73. The van der Waals surface area contributed by atoms with E-state index in [9.17, 15) is 5.11 Å². The summed E-state index contributed by atoms with van der Waals surface area (Å²) in [7, 11) is 0. The number of aliphatic hydroxyl groups excluding tert-OH is 2. The predicted octanol–water partition coefficient (Wildman–Crippen LogP) is 2.44. The van der Waals surface area contributed by atoms with Crippen molar-refractivity contribution in [3.63, 3.8) is 0 Å². The Kier molecular flexibility index (Phi) is 8.19. The number of hydrogen-bond acceptors (Lipinski definition) is 2. The van der Waals surface area contributed by atoms with Crippen LogP contribution in [0, 0.1) is 17.8 Å². The largest absolute Gasteiger partial charge is 0.388 e. The highest BCUT2D eigenvalue weighted by Crippen LogP contribution is 2.23. The molecule has 0 saturated carbocycles. The molecule has 0 saturated heterocycles. The van der Waals surface area contributed by atoms with Gasteiger partial charge in [0.1, 0.15) is 6.61 Å². The third-order valence-electron chi connectivity index (χ3n) is 2.81. The second-order valence-corrected chi connectivity index (χ2v) is 4.20. The Bertz CT molecular complexity index is 351. The number of aliphatic hydroxyl groups is 2. The highest BCUT2D eigenvalue weighted by Gasteiger charge is 2.15. The Balaban J connectivity index is 4.34. The Hall–Kier alpha value is -1.26. The molecule has 0 amide bonds. The van der Waals surface area contributed by atoms with Gasteiger partial charge in [0, 0.05) is 6.42 Å². The van der Waals surface area contributed by atoms with E-state index < -0.39 is 6.10 Å². The maximum absolute atomic E-state index is 9.88. The minimum absolute atomic E-state index is 0.0985. The molecule has 2 N–H and O–H groups in total. The molecule has 0 rings (SSSR count). The fourth-order valence-corrected chi connectivity index (χ4v) is 1.52. The highest BCUT2D eigenvalue weighted by atomic mass is 16.3. The first-order valence-corrected chi connectivity index (χ1v) is 5.79. The van der Waals surface area contributed by atoms with Gasteiger partial charge in [-0.2, -0.15) is 0 Å². The normalized spacial score (nSPS) is 12.9. The van der Waals surface area contributed by atoms with Crippen LogP contribution in [0.25, 0.3) is 0 Å². The topological polar surface area (TPSA) is 40.5 Å². The molecule has 2 heteroatoms. The van der Waals surface area contributed by atoms with Gasteiger partial charge in [-0.05, 0) is 38.2 Å². The van der Waals surface area contributed by atoms with Crippen LogP contribution in [0.4, 0.5) is 0 Å². The van der Waals surface area contributed by atoms with Gasteiger partial charge in [0.15, 0.2) is 0 Å². The predicted molar refractivity (Wildman–Crippen MR) is 71.4 cm³/mol. The lowest BCUT2D eigenvalue weighted by atomic mass is 9.89. The van der Waals surface area contributed by atoms with Crippen LogP contribution < -0.4 is 0 Å². The van der Waals surface area contributed by atoms with Gasteiger partial charge in [0.2, 0.25) is 0 Å². The van der Waals surface area contributed by atoms with Gasteiger partial charge in [-0.3, -0.25) is 0 Å². The molecule has 0 aromatic carbocycles. The Labute approximate surface area is 104 Å². The molecule has 17 heavy (non-hydrogen) atoms. The quantitative estimate of drug-likeness (QED) is 0.421. The molecular formula is C15H22O2. The molecule has 94 valence electrons. The van der Waals surface area contributed by atoms with Gasteiger partial charge in [-0.1, -0.05) is 24.7 Å². The van der Waals surface area contributed by atoms with Crippen LogP contribution in [-0.2, 0) is 0 Å². The summed E-state index contributed by atoms with van der Waals surface area (Å²) in [6.45, 7) is 11.1. The van der Waals surface area contributed by atoms with Crippen molar-refractivity contribution in [3.05, 3.63) is 30.0 Å². The van der Waals surface area contributed by atoms with Gasteiger partial charge in [-0.15, -0.1) is 11.7 Å². The molecule has 0 aliphatic heterocycles. The fraction of sp³-hybridized carbons (Fsp3) is 0.533. The highest BCUT2D eigenvalue weighted by molar-refractivity contribution is 5.07. The standard InChI is InChI=1S/C15H22O2/c1-5-13(4)15(17)11-14(12(2)3)9-7-6-8-10-16/h14-17H,1-2,7,9-11H2,3-4H3. The smallest absolute Gasteiger partial charge is 0.104 e. The summed E-state index contributed by atoms with van der Waals surface area (Å²) >= 11 is 0. The maximum atomic E-state index is 9.88. The number of rotatable bonds is 6. The fourth-order valence-electron chi connectivity index (χ4n) is 1.52. The van der Waals surface area contributed by atoms with E-state index in [1.165, 1.54) is 0 Å². The van der Waals surface area contributed by atoms with Crippen molar-refractivity contribution in [1.82, 2.24) is 0 Å². The summed E-state index contributed by atoms with van der Waals surface area (Å²) in [6.07, 6.45) is 1.68. The van der Waals surface area contributed by atoms with Crippen LogP contribution in [0.1, 0.15) is 33.1 Å². The second-order valence-electron chi connectivity index (χ2n) is 4.20. The van der Waals surface area contributed by atoms with E-state index in [1.54, 1.807) is 0 Å². The van der Waals surface area contributed by atoms with Crippen LogP contribution in [-0.4, -0.2) is 22.9 Å². The molecule has 0 aromatic heterocycles. The molecule has 0 aliphatic carbocycles. The zero-order valence-corrected chi connectivity index (χ0v) is 10.8. The second kappa shape index (κ2) is 8.84. The zero-order valence-electron chi connectivity index (χ0n) is 10.8. The van der Waals surface area contributed by atoms with Gasteiger partial charge in [0.25, 0.3) is 0 Å². The molecule has 0 spiro atoms. The third-order valence-corrected chi connectivity index (χ3v) is 2.81. The Morgan fingerprint density at radius 2 is 1.94 bits per heavy atom. The molecule has 0 heterocycles. The lowest BCUT2D eigenvalue weighted by Gasteiger charge is -2.19. The minimum atomic E-state index is -0.514. The molecular weight excluding hydrogens is 212 g/mol. The SMILES string of the molecule is C=C=C(C)C(O)CC(CCC#CCO)C(=C)C. The average molecular weight is 234 g/mol. The summed E-state index contributed by atoms with van der Waals surface area (Å²) in [5, 5.41) is 18.4. The van der Waals surface area contributed by atoms with Crippen molar-refractivity contribution in [2.75, 3.05) is 6.61 Å². The zero-order chi connectivity index (χ0) is 13.3. The molecule has 0 aromatic rings. The van der Waals surface area contributed by atoms with Crippen LogP contribution in [0.2, 0.25) is 0 Å². The van der Waals surface area contributed by atoms with Crippen molar-refractivity contribution in [2.24, 2.45) is 5.92 Å². The van der Waals surface area contributed by atoms with E-state index in [2.05, 4.69) is 30.7 Å². The lowest BCUT2D eigenvalue weighted by Crippen LogP contribution is -2.15. The van der Waals surface area contributed by atoms with E-state index >= 15 is 0 Å². The van der Waals surface area contributed by atoms with E-state index in [0.29, 0.717) is 12.8 Å². The minimum Gasteiger partial charge on any atom is -0.388 e. The molecule has 0 aliphatic rings. The number of hydrogen-bond donors (Lipinski definition) is 2. The van der Waals surface area contributed by atoms with E-state index in [4.69, 9.17) is 5.11 Å². The summed E-state index contributed by atoms with van der Waals surface area (Å²) < 4.78 is 0. The molecule has 2 atom stereocenters. The van der Waals surface area contributed by atoms with Gasteiger partial charge in [0.05, 0.1) is 6.10 Å². The summed E-state index contributed by atoms with van der Waals surface area (Å²) in [4.78, 5) is 0. The van der Waals surface area contributed by atoms with E-state index in [-0.39, 0.29) is 12.5 Å². The van der Waals surface area contributed by atoms with E-state index in [1.807, 2.05) is 13.8 Å². The summed E-state index contributed by atoms with van der Waals surface area (Å²) in [5.41, 5.74) is 4.52. The molecule has 0 bridgehead atoms. The Morgan fingerprint density at radius 3 is 2.41 bits per heavy atom. The van der Waals surface area contributed by atoms with Crippen molar-refractivity contribution in [1.29, 1.82) is 0 Å². The average Bonchev–Trinajstić information content (AvgIpc) is 2.31. The van der Waals surface area contributed by atoms with E-state index in [0.717, 1.165) is 17.6 Å². The van der Waals surface area contributed by atoms with Crippen molar-refractivity contribution in [2.45, 2.75) is 39.2 Å². The first kappa shape index (κ1) is 15.7. The van der Waals surface area contributed by atoms with Crippen molar-refractivity contribution >= 4 is 0 Å². The van der Waals surface area contributed by atoms with Crippen LogP contribution >= 0.6 is 0 Å². The maximum Gasteiger partial charge on any atom is 0.104 e. The molecule has 0 radical (unpaired) electrons. The van der Waals surface area contributed by atoms with Gasteiger partial charge < -0.3 is 10.2 Å². The monoisotopic (exact) mass is 234 g/mol. The molecule has 2 unspecified atom stereocenters. The first-order chi connectivity index (χ1) is 8.02. The molecule has 2 nitrogen and oxygen atoms in total. The van der Waals surface area contributed by atoms with Gasteiger partial charge in [-0.25, -0.2) is 0 Å². The van der Waals surface area contributed by atoms with Crippen LogP contribution in [0.3, 0.4) is 0 Å². The third kappa shape index (κ3) is 6.81. The lowest BCUT2D eigenvalue weighted by molar-refractivity contribution is 0.181. The van der Waals surface area contributed by atoms with Gasteiger partial charge >= 0.3 is 0 Å². The first-order valence-electron chi connectivity index (χ1n) is 5.79. The van der Waals surface area contributed by atoms with Crippen LogP contribution in [0.15, 0.2) is 30.0 Å². The van der Waals surface area contributed by atoms with Crippen molar-refractivity contribution < 1.29 is 10.2 Å². The van der Waals surface area contributed by atoms with Crippen LogP contribution in [0.5, 0.6) is 0 Å². The Morgan fingerprint density at radius 1 is 1.29 bits per heavy atom.